The lowest BCUT2D eigenvalue weighted by atomic mass is 9.79. The van der Waals surface area contributed by atoms with Gasteiger partial charge in [0.05, 0.1) is 18.7 Å². The van der Waals surface area contributed by atoms with Crippen LogP contribution < -0.4 is 10.1 Å². The topological polar surface area (TPSA) is 84.4 Å². The average molecular weight is 445 g/mol. The van der Waals surface area contributed by atoms with Gasteiger partial charge in [-0.05, 0) is 37.0 Å². The van der Waals surface area contributed by atoms with E-state index >= 15 is 0 Å². The number of hydrogen-bond donors (Lipinski definition) is 1. The highest BCUT2D eigenvalue weighted by Crippen LogP contribution is 2.36. The molecule has 1 aliphatic heterocycles. The van der Waals surface area contributed by atoms with Crippen LogP contribution in [0.2, 0.25) is 0 Å². The number of carbonyl (C=O) groups excluding carboxylic acids is 2. The van der Waals surface area contributed by atoms with E-state index in [4.69, 9.17) is 4.74 Å². The van der Waals surface area contributed by atoms with Crippen LogP contribution in [0.1, 0.15) is 29.4 Å². The molecule has 0 bridgehead atoms. The number of carbonyl (C=O) groups is 2. The van der Waals surface area contributed by atoms with Gasteiger partial charge in [0.1, 0.15) is 11.4 Å². The van der Waals surface area contributed by atoms with Gasteiger partial charge in [-0.2, -0.15) is 0 Å². The van der Waals surface area contributed by atoms with Gasteiger partial charge < -0.3 is 15.0 Å². The molecule has 1 aliphatic rings. The average Bonchev–Trinajstić information content (AvgIpc) is 3.30. The monoisotopic (exact) mass is 444 g/mol. The van der Waals surface area contributed by atoms with Crippen molar-refractivity contribution >= 4 is 11.8 Å². The highest BCUT2D eigenvalue weighted by atomic mass is 16.5. The van der Waals surface area contributed by atoms with E-state index in [0.29, 0.717) is 38.2 Å². The summed E-state index contributed by atoms with van der Waals surface area (Å²) in [5.74, 6) is 0.604. The SMILES string of the molecule is CCNC(=O)[C@@]1(Cc2ccc(-c3ccccc3OC)cc2)CCN(C(=O)c2cnccn2)C1. The molecule has 0 unspecified atom stereocenters. The number of nitrogens with zero attached hydrogens (tertiary/aromatic N) is 3. The summed E-state index contributed by atoms with van der Waals surface area (Å²) in [5.41, 5.74) is 2.74. The highest BCUT2D eigenvalue weighted by Gasteiger charge is 2.46. The van der Waals surface area contributed by atoms with Gasteiger partial charge in [0.25, 0.3) is 5.91 Å². The Labute approximate surface area is 193 Å². The van der Waals surface area contributed by atoms with Crippen molar-refractivity contribution in [3.63, 3.8) is 0 Å². The third-order valence-electron chi connectivity index (χ3n) is 6.16. The molecule has 0 saturated carbocycles. The molecule has 0 aliphatic carbocycles. The second kappa shape index (κ2) is 9.81. The third-order valence-corrected chi connectivity index (χ3v) is 6.16. The molecule has 1 atom stereocenters. The number of nitrogens with one attached hydrogen (secondary N) is 1. The molecule has 2 amide bonds. The summed E-state index contributed by atoms with van der Waals surface area (Å²) in [6.07, 6.45) is 5.65. The molecule has 2 heterocycles. The number of aromatic nitrogens is 2. The molecule has 1 aromatic heterocycles. The highest BCUT2D eigenvalue weighted by molar-refractivity contribution is 5.93. The van der Waals surface area contributed by atoms with Crippen molar-refractivity contribution in [3.05, 3.63) is 78.4 Å². The second-order valence-corrected chi connectivity index (χ2v) is 8.28. The van der Waals surface area contributed by atoms with Crippen molar-refractivity contribution < 1.29 is 14.3 Å². The van der Waals surface area contributed by atoms with Gasteiger partial charge in [0.2, 0.25) is 5.91 Å². The van der Waals surface area contributed by atoms with Crippen LogP contribution in [0.5, 0.6) is 5.75 Å². The van der Waals surface area contributed by atoms with Crippen LogP contribution in [0.15, 0.2) is 67.1 Å². The lowest BCUT2D eigenvalue weighted by Crippen LogP contribution is -2.45. The summed E-state index contributed by atoms with van der Waals surface area (Å²) < 4.78 is 5.48. The van der Waals surface area contributed by atoms with E-state index in [1.165, 1.54) is 18.6 Å². The minimum absolute atomic E-state index is 0.0201. The van der Waals surface area contributed by atoms with Crippen LogP contribution >= 0.6 is 0 Å². The zero-order valence-electron chi connectivity index (χ0n) is 19.0. The van der Waals surface area contributed by atoms with Crippen molar-refractivity contribution in [3.8, 4) is 16.9 Å². The summed E-state index contributed by atoms with van der Waals surface area (Å²) in [5, 5.41) is 2.98. The van der Waals surface area contributed by atoms with E-state index in [9.17, 15) is 9.59 Å². The second-order valence-electron chi connectivity index (χ2n) is 8.28. The Balaban J connectivity index is 1.56. The summed E-state index contributed by atoms with van der Waals surface area (Å²) in [4.78, 5) is 35.9. The van der Waals surface area contributed by atoms with Crippen molar-refractivity contribution in [2.45, 2.75) is 19.8 Å². The number of ether oxygens (including phenoxy) is 1. The number of benzene rings is 2. The fourth-order valence-electron chi connectivity index (χ4n) is 4.45. The van der Waals surface area contributed by atoms with Gasteiger partial charge in [0.15, 0.2) is 0 Å². The number of hydrogen-bond acceptors (Lipinski definition) is 5. The molecule has 2 aromatic carbocycles. The number of methoxy groups -OCH3 is 1. The fraction of sp³-hybridized carbons (Fsp3) is 0.308. The first kappa shape index (κ1) is 22.5. The molecule has 170 valence electrons. The standard InChI is InChI=1S/C26H28N4O3/c1-3-28-25(32)26(12-15-30(18-26)24(31)22-17-27-13-14-29-22)16-19-8-10-20(11-9-19)21-6-4-5-7-23(21)33-2/h4-11,13-14,17H,3,12,15-16,18H2,1-2H3,(H,28,32)/t26-/m1/s1. The first-order chi connectivity index (χ1) is 16.1. The minimum Gasteiger partial charge on any atom is -0.496 e. The number of likely N-dealkylation sites (tertiary alicyclic amines) is 1. The van der Waals surface area contributed by atoms with Gasteiger partial charge in [-0.25, -0.2) is 4.98 Å². The van der Waals surface area contributed by atoms with E-state index < -0.39 is 5.41 Å². The van der Waals surface area contributed by atoms with Crippen LogP contribution in [0.25, 0.3) is 11.1 Å². The quantitative estimate of drug-likeness (QED) is 0.604. The molecule has 4 rings (SSSR count). The molecular weight excluding hydrogens is 416 g/mol. The Morgan fingerprint density at radius 2 is 1.91 bits per heavy atom. The van der Waals surface area contributed by atoms with Crippen LogP contribution in [-0.2, 0) is 11.2 Å². The van der Waals surface area contributed by atoms with Gasteiger partial charge in [-0.3, -0.25) is 14.6 Å². The molecule has 33 heavy (non-hydrogen) atoms. The van der Waals surface area contributed by atoms with E-state index in [-0.39, 0.29) is 11.8 Å². The largest absolute Gasteiger partial charge is 0.496 e. The number of rotatable bonds is 7. The Hall–Kier alpha value is -3.74. The lowest BCUT2D eigenvalue weighted by molar-refractivity contribution is -0.130. The van der Waals surface area contributed by atoms with Crippen molar-refractivity contribution in [1.29, 1.82) is 0 Å². The Morgan fingerprint density at radius 3 is 2.61 bits per heavy atom. The zero-order valence-corrected chi connectivity index (χ0v) is 19.0. The van der Waals surface area contributed by atoms with E-state index in [1.807, 2.05) is 31.2 Å². The molecule has 0 spiro atoms. The number of amides is 2. The summed E-state index contributed by atoms with van der Waals surface area (Å²) in [6, 6.07) is 16.1. The van der Waals surface area contributed by atoms with Gasteiger partial charge in [-0.1, -0.05) is 42.5 Å². The van der Waals surface area contributed by atoms with Gasteiger partial charge >= 0.3 is 0 Å². The predicted octanol–water partition coefficient (Wildman–Crippen LogP) is 3.36. The molecule has 1 N–H and O–H groups in total. The summed E-state index contributed by atoms with van der Waals surface area (Å²) in [7, 11) is 1.66. The molecule has 1 fully saturated rings. The van der Waals surface area contributed by atoms with Crippen LogP contribution in [0.4, 0.5) is 0 Å². The van der Waals surface area contributed by atoms with Gasteiger partial charge in [0, 0.05) is 37.6 Å². The maximum atomic E-state index is 13.2. The minimum atomic E-state index is -0.681. The van der Waals surface area contributed by atoms with Crippen LogP contribution in [0, 0.1) is 5.41 Å². The lowest BCUT2D eigenvalue weighted by Gasteiger charge is -2.28. The van der Waals surface area contributed by atoms with Crippen molar-refractivity contribution in [2.24, 2.45) is 5.41 Å². The Morgan fingerprint density at radius 1 is 1.12 bits per heavy atom. The number of para-hydroxylation sites is 1. The third kappa shape index (κ3) is 4.72. The van der Waals surface area contributed by atoms with E-state index in [2.05, 4.69) is 39.6 Å². The van der Waals surface area contributed by atoms with Crippen molar-refractivity contribution in [1.82, 2.24) is 20.2 Å². The molecule has 7 nitrogen and oxygen atoms in total. The molecule has 0 radical (unpaired) electrons. The van der Waals surface area contributed by atoms with E-state index in [0.717, 1.165) is 22.4 Å². The zero-order chi connectivity index (χ0) is 23.3. The smallest absolute Gasteiger partial charge is 0.274 e. The molecule has 3 aromatic rings. The van der Waals surface area contributed by atoms with E-state index in [1.54, 1.807) is 12.0 Å². The first-order valence-electron chi connectivity index (χ1n) is 11.1. The molecule has 7 heteroatoms. The summed E-state index contributed by atoms with van der Waals surface area (Å²) in [6.45, 7) is 3.31. The van der Waals surface area contributed by atoms with Crippen LogP contribution in [0.3, 0.4) is 0 Å². The predicted molar refractivity (Wildman–Crippen MR) is 126 cm³/mol. The molecular formula is C26H28N4O3. The van der Waals surface area contributed by atoms with Gasteiger partial charge in [-0.15, -0.1) is 0 Å². The first-order valence-corrected chi connectivity index (χ1v) is 11.1. The Bertz CT molecular complexity index is 1120. The summed E-state index contributed by atoms with van der Waals surface area (Å²) >= 11 is 0. The van der Waals surface area contributed by atoms with Crippen molar-refractivity contribution in [2.75, 3.05) is 26.7 Å². The maximum Gasteiger partial charge on any atom is 0.274 e. The Kier molecular flexibility index (Phi) is 6.68. The normalized spacial score (nSPS) is 17.6. The maximum absolute atomic E-state index is 13.2. The van der Waals surface area contributed by atoms with Crippen LogP contribution in [-0.4, -0.2) is 53.4 Å². The molecule has 1 saturated heterocycles. The fourth-order valence-corrected chi connectivity index (χ4v) is 4.45.